The Labute approximate surface area is 225 Å². The van der Waals surface area contributed by atoms with Crippen LogP contribution in [0.25, 0.3) is 22.3 Å². The summed E-state index contributed by atoms with van der Waals surface area (Å²) in [7, 11) is 0. The lowest BCUT2D eigenvalue weighted by molar-refractivity contribution is -0.0191. The molecule has 4 rings (SSSR count). The highest BCUT2D eigenvalue weighted by Crippen LogP contribution is 2.35. The van der Waals surface area contributed by atoms with Gasteiger partial charge in [0.15, 0.2) is 11.6 Å². The molecule has 1 aliphatic heterocycles. The number of aryl methyl sites for hydroxylation is 1. The van der Waals surface area contributed by atoms with Crippen molar-refractivity contribution >= 4 is 0 Å². The summed E-state index contributed by atoms with van der Waals surface area (Å²) in [6, 6.07) is 15.6. The molecule has 0 aliphatic carbocycles. The third-order valence-corrected chi connectivity index (χ3v) is 7.73. The van der Waals surface area contributed by atoms with Crippen LogP contribution >= 0.6 is 0 Å². The quantitative estimate of drug-likeness (QED) is 0.170. The SMILES string of the molecule is C=CCCC1CCC(c2ccc(-c3ccc(-c4ccc(CCCCCCC)c(F)c4F)cc3)c(F)c2)OC1. The number of hydrogen-bond acceptors (Lipinski definition) is 1. The molecule has 1 saturated heterocycles. The van der Waals surface area contributed by atoms with Crippen LogP contribution in [0.5, 0.6) is 0 Å². The Balaban J connectivity index is 1.41. The second-order valence-corrected chi connectivity index (χ2v) is 10.5. The molecule has 3 aromatic rings. The molecule has 1 heterocycles. The van der Waals surface area contributed by atoms with E-state index in [0.717, 1.165) is 56.9 Å². The molecule has 202 valence electrons. The van der Waals surface area contributed by atoms with E-state index in [9.17, 15) is 8.78 Å². The molecule has 0 N–H and O–H groups in total. The molecule has 1 nitrogen and oxygen atoms in total. The second-order valence-electron chi connectivity index (χ2n) is 10.5. The predicted molar refractivity (Wildman–Crippen MR) is 150 cm³/mol. The van der Waals surface area contributed by atoms with Gasteiger partial charge < -0.3 is 4.74 Å². The van der Waals surface area contributed by atoms with Crippen LogP contribution in [-0.4, -0.2) is 6.61 Å². The summed E-state index contributed by atoms with van der Waals surface area (Å²) in [6.07, 6.45) is 11.8. The molecule has 2 atom stereocenters. The van der Waals surface area contributed by atoms with Crippen molar-refractivity contribution in [3.8, 4) is 22.3 Å². The first-order valence-electron chi connectivity index (χ1n) is 14.1. The lowest BCUT2D eigenvalue weighted by atomic mass is 9.91. The third-order valence-electron chi connectivity index (χ3n) is 7.73. The first-order chi connectivity index (χ1) is 18.5. The minimum absolute atomic E-state index is 0.0851. The summed E-state index contributed by atoms with van der Waals surface area (Å²) in [5.74, 6) is -1.36. The van der Waals surface area contributed by atoms with E-state index < -0.39 is 11.6 Å². The molecule has 3 aromatic carbocycles. The summed E-state index contributed by atoms with van der Waals surface area (Å²) in [6.45, 7) is 6.63. The van der Waals surface area contributed by atoms with Gasteiger partial charge in [-0.2, -0.15) is 0 Å². The van der Waals surface area contributed by atoms with Crippen molar-refractivity contribution in [3.05, 3.63) is 95.8 Å². The van der Waals surface area contributed by atoms with Crippen LogP contribution < -0.4 is 0 Å². The summed E-state index contributed by atoms with van der Waals surface area (Å²) in [5.41, 5.74) is 3.24. The molecule has 4 heteroatoms. The lowest BCUT2D eigenvalue weighted by Crippen LogP contribution is -2.20. The Kier molecular flexibility index (Phi) is 10.2. The van der Waals surface area contributed by atoms with Gasteiger partial charge in [0.1, 0.15) is 5.82 Å². The topological polar surface area (TPSA) is 9.23 Å². The number of allylic oxidation sites excluding steroid dienone is 1. The van der Waals surface area contributed by atoms with Gasteiger partial charge in [-0.15, -0.1) is 6.58 Å². The average molecular weight is 521 g/mol. The van der Waals surface area contributed by atoms with Gasteiger partial charge in [-0.05, 0) is 72.8 Å². The molecular formula is C34H39F3O. The fourth-order valence-corrected chi connectivity index (χ4v) is 5.37. The molecule has 1 fully saturated rings. The van der Waals surface area contributed by atoms with Crippen molar-refractivity contribution in [2.45, 2.75) is 77.2 Å². The number of benzene rings is 3. The van der Waals surface area contributed by atoms with E-state index >= 15 is 4.39 Å². The maximum absolute atomic E-state index is 15.1. The maximum atomic E-state index is 15.1. The molecule has 0 saturated carbocycles. The minimum atomic E-state index is -0.821. The molecular weight excluding hydrogens is 481 g/mol. The normalized spacial score (nSPS) is 17.5. The largest absolute Gasteiger partial charge is 0.373 e. The van der Waals surface area contributed by atoms with Crippen molar-refractivity contribution in [2.75, 3.05) is 6.61 Å². The van der Waals surface area contributed by atoms with E-state index in [-0.39, 0.29) is 17.5 Å². The number of unbranched alkanes of at least 4 members (excludes halogenated alkanes) is 4. The van der Waals surface area contributed by atoms with E-state index in [0.29, 0.717) is 41.2 Å². The zero-order valence-corrected chi connectivity index (χ0v) is 22.5. The van der Waals surface area contributed by atoms with Gasteiger partial charge in [-0.1, -0.05) is 87.2 Å². The first kappa shape index (κ1) is 28.2. The van der Waals surface area contributed by atoms with E-state index in [1.807, 2.05) is 12.1 Å². The number of hydrogen-bond donors (Lipinski definition) is 0. The Morgan fingerprint density at radius 1 is 0.842 bits per heavy atom. The third kappa shape index (κ3) is 6.96. The van der Waals surface area contributed by atoms with E-state index in [4.69, 9.17) is 4.74 Å². The molecule has 0 bridgehead atoms. The van der Waals surface area contributed by atoms with Crippen LogP contribution in [-0.2, 0) is 11.2 Å². The van der Waals surface area contributed by atoms with Gasteiger partial charge in [-0.25, -0.2) is 13.2 Å². The maximum Gasteiger partial charge on any atom is 0.166 e. The van der Waals surface area contributed by atoms with Crippen molar-refractivity contribution in [1.29, 1.82) is 0 Å². The number of halogens is 3. The van der Waals surface area contributed by atoms with E-state index in [1.165, 1.54) is 6.42 Å². The Morgan fingerprint density at radius 3 is 2.21 bits per heavy atom. The fourth-order valence-electron chi connectivity index (χ4n) is 5.37. The van der Waals surface area contributed by atoms with Crippen molar-refractivity contribution in [3.63, 3.8) is 0 Å². The first-order valence-corrected chi connectivity index (χ1v) is 14.1. The highest BCUT2D eigenvalue weighted by atomic mass is 19.2. The van der Waals surface area contributed by atoms with Crippen LogP contribution in [0.15, 0.2) is 67.3 Å². The fraction of sp³-hybridized carbons (Fsp3) is 0.412. The summed E-state index contributed by atoms with van der Waals surface area (Å²) in [5, 5.41) is 0. The second kappa shape index (κ2) is 13.8. The Morgan fingerprint density at radius 2 is 1.55 bits per heavy atom. The van der Waals surface area contributed by atoms with Crippen LogP contribution in [0.3, 0.4) is 0 Å². The lowest BCUT2D eigenvalue weighted by Gasteiger charge is -2.29. The zero-order valence-electron chi connectivity index (χ0n) is 22.5. The molecule has 0 amide bonds. The standard InChI is InChI=1S/C34H39F3O/c1-3-5-7-8-9-11-27-17-20-30(34(37)33(27)36)26-15-13-25(14-16-26)29-19-18-28(22-31(29)35)32-21-12-24(23-38-32)10-6-4-2/h4,13-20,22,24,32H,2-3,5-12,21,23H2,1H3. The molecule has 2 unspecified atom stereocenters. The van der Waals surface area contributed by atoms with E-state index in [1.54, 1.807) is 48.5 Å². The van der Waals surface area contributed by atoms with Crippen molar-refractivity contribution in [2.24, 2.45) is 5.92 Å². The highest BCUT2D eigenvalue weighted by Gasteiger charge is 2.23. The van der Waals surface area contributed by atoms with Crippen LogP contribution in [0, 0.1) is 23.4 Å². The highest BCUT2D eigenvalue weighted by molar-refractivity contribution is 5.71. The zero-order chi connectivity index (χ0) is 26.9. The predicted octanol–water partition coefficient (Wildman–Crippen LogP) is 10.4. The van der Waals surface area contributed by atoms with Gasteiger partial charge in [-0.3, -0.25) is 0 Å². The molecule has 0 spiro atoms. The van der Waals surface area contributed by atoms with E-state index in [2.05, 4.69) is 13.5 Å². The van der Waals surface area contributed by atoms with Crippen molar-refractivity contribution in [1.82, 2.24) is 0 Å². The molecule has 1 aliphatic rings. The summed E-state index contributed by atoms with van der Waals surface area (Å²) >= 11 is 0. The minimum Gasteiger partial charge on any atom is -0.373 e. The Bertz CT molecular complexity index is 1190. The molecule has 0 radical (unpaired) electrons. The van der Waals surface area contributed by atoms with Crippen LogP contribution in [0.4, 0.5) is 13.2 Å². The van der Waals surface area contributed by atoms with Gasteiger partial charge in [0.05, 0.1) is 12.7 Å². The molecule has 0 aromatic heterocycles. The molecule has 38 heavy (non-hydrogen) atoms. The smallest absolute Gasteiger partial charge is 0.166 e. The summed E-state index contributed by atoms with van der Waals surface area (Å²) in [4.78, 5) is 0. The van der Waals surface area contributed by atoms with Gasteiger partial charge in [0.25, 0.3) is 0 Å². The van der Waals surface area contributed by atoms with Gasteiger partial charge >= 0.3 is 0 Å². The van der Waals surface area contributed by atoms with Gasteiger partial charge in [0.2, 0.25) is 0 Å². The van der Waals surface area contributed by atoms with Gasteiger partial charge in [0, 0.05) is 11.1 Å². The van der Waals surface area contributed by atoms with Crippen LogP contribution in [0.1, 0.15) is 81.9 Å². The Hall–Kier alpha value is -2.85. The summed E-state index contributed by atoms with van der Waals surface area (Å²) < 4.78 is 50.8. The number of rotatable bonds is 12. The van der Waals surface area contributed by atoms with Crippen LogP contribution in [0.2, 0.25) is 0 Å². The average Bonchev–Trinajstić information content (AvgIpc) is 2.94. The number of ether oxygens (including phenoxy) is 1. The van der Waals surface area contributed by atoms with Crippen molar-refractivity contribution < 1.29 is 17.9 Å². The monoisotopic (exact) mass is 520 g/mol.